The molecule has 0 aliphatic carbocycles. The van der Waals surface area contributed by atoms with Gasteiger partial charge in [0.1, 0.15) is 6.04 Å². The van der Waals surface area contributed by atoms with Crippen LogP contribution in [0.25, 0.3) is 0 Å². The standard InChI is InChI=1S/C13H17N3O5/c17-10-4-2-8(11(18)15-10)14-13(21)16-6-1-3-9(16)7(5-6)12(19)20/h6-9H,1-5H2,(H,14,21)(H,19,20)(H,15,17,18). The lowest BCUT2D eigenvalue weighted by Crippen LogP contribution is -2.56. The van der Waals surface area contributed by atoms with Crippen LogP contribution in [0.4, 0.5) is 4.79 Å². The summed E-state index contributed by atoms with van der Waals surface area (Å²) in [5, 5.41) is 14.0. The number of hydrogen-bond donors (Lipinski definition) is 3. The van der Waals surface area contributed by atoms with Crippen LogP contribution in [0.1, 0.15) is 32.1 Å². The summed E-state index contributed by atoms with van der Waals surface area (Å²) in [6.45, 7) is 0. The zero-order valence-corrected chi connectivity index (χ0v) is 11.4. The van der Waals surface area contributed by atoms with E-state index in [0.29, 0.717) is 12.8 Å². The Balaban J connectivity index is 1.65. The summed E-state index contributed by atoms with van der Waals surface area (Å²) >= 11 is 0. The van der Waals surface area contributed by atoms with Crippen molar-refractivity contribution in [2.75, 3.05) is 0 Å². The third kappa shape index (κ3) is 2.34. The second kappa shape index (κ2) is 5.01. The van der Waals surface area contributed by atoms with Gasteiger partial charge in [-0.3, -0.25) is 19.7 Å². The van der Waals surface area contributed by atoms with Crippen LogP contribution < -0.4 is 10.6 Å². The third-order valence-corrected chi connectivity index (χ3v) is 4.63. The highest BCUT2D eigenvalue weighted by molar-refractivity contribution is 6.01. The number of aliphatic carboxylic acids is 1. The molecule has 4 amide bonds. The van der Waals surface area contributed by atoms with Crippen molar-refractivity contribution in [2.45, 2.75) is 50.2 Å². The maximum Gasteiger partial charge on any atom is 0.318 e. The molecule has 3 fully saturated rings. The van der Waals surface area contributed by atoms with Crippen molar-refractivity contribution in [3.8, 4) is 0 Å². The van der Waals surface area contributed by atoms with E-state index in [4.69, 9.17) is 5.11 Å². The van der Waals surface area contributed by atoms with E-state index in [0.717, 1.165) is 6.42 Å². The highest BCUT2D eigenvalue weighted by atomic mass is 16.4. The molecule has 4 unspecified atom stereocenters. The fraction of sp³-hybridized carbons (Fsp3) is 0.692. The zero-order chi connectivity index (χ0) is 15.1. The maximum atomic E-state index is 12.3. The summed E-state index contributed by atoms with van der Waals surface area (Å²) in [7, 11) is 0. The monoisotopic (exact) mass is 295 g/mol. The first-order chi connectivity index (χ1) is 9.97. The first-order valence-corrected chi connectivity index (χ1v) is 7.12. The van der Waals surface area contributed by atoms with E-state index in [1.165, 1.54) is 0 Å². The molecule has 2 bridgehead atoms. The van der Waals surface area contributed by atoms with Crippen LogP contribution in [0.15, 0.2) is 0 Å². The average molecular weight is 295 g/mol. The van der Waals surface area contributed by atoms with Crippen LogP contribution >= 0.6 is 0 Å². The fourth-order valence-electron chi connectivity index (χ4n) is 3.63. The highest BCUT2D eigenvalue weighted by Gasteiger charge is 2.51. The number of amides is 4. The number of carboxylic acids is 1. The summed E-state index contributed by atoms with van der Waals surface area (Å²) < 4.78 is 0. The number of carbonyl (C=O) groups is 4. The van der Waals surface area contributed by atoms with Gasteiger partial charge in [-0.1, -0.05) is 0 Å². The largest absolute Gasteiger partial charge is 0.481 e. The molecule has 0 radical (unpaired) electrons. The maximum absolute atomic E-state index is 12.3. The van der Waals surface area contributed by atoms with E-state index in [1.807, 2.05) is 0 Å². The second-order valence-corrected chi connectivity index (χ2v) is 5.84. The first kappa shape index (κ1) is 13.8. The molecular formula is C13H17N3O5. The lowest BCUT2D eigenvalue weighted by Gasteiger charge is -2.28. The van der Waals surface area contributed by atoms with E-state index < -0.39 is 29.9 Å². The summed E-state index contributed by atoms with van der Waals surface area (Å²) in [5.41, 5.74) is 0. The quantitative estimate of drug-likeness (QED) is 0.590. The van der Waals surface area contributed by atoms with Crippen LogP contribution in [0, 0.1) is 5.92 Å². The third-order valence-electron chi connectivity index (χ3n) is 4.63. The van der Waals surface area contributed by atoms with Crippen molar-refractivity contribution in [1.82, 2.24) is 15.5 Å². The molecule has 21 heavy (non-hydrogen) atoms. The Morgan fingerprint density at radius 3 is 2.62 bits per heavy atom. The van der Waals surface area contributed by atoms with Crippen molar-refractivity contribution in [3.05, 3.63) is 0 Å². The van der Waals surface area contributed by atoms with Gasteiger partial charge in [0.05, 0.1) is 5.92 Å². The lowest BCUT2D eigenvalue weighted by atomic mass is 9.89. The van der Waals surface area contributed by atoms with E-state index in [-0.39, 0.29) is 30.8 Å². The van der Waals surface area contributed by atoms with Crippen LogP contribution in [-0.2, 0) is 14.4 Å². The fourth-order valence-corrected chi connectivity index (χ4v) is 3.63. The molecule has 3 aliphatic heterocycles. The molecule has 114 valence electrons. The van der Waals surface area contributed by atoms with Gasteiger partial charge in [0.15, 0.2) is 0 Å². The van der Waals surface area contributed by atoms with Crippen molar-refractivity contribution in [2.24, 2.45) is 5.92 Å². The van der Waals surface area contributed by atoms with Gasteiger partial charge < -0.3 is 15.3 Å². The van der Waals surface area contributed by atoms with Gasteiger partial charge in [0.2, 0.25) is 11.8 Å². The van der Waals surface area contributed by atoms with Crippen molar-refractivity contribution < 1.29 is 24.3 Å². The molecule has 0 aromatic rings. The van der Waals surface area contributed by atoms with Crippen LogP contribution in [0.5, 0.6) is 0 Å². The van der Waals surface area contributed by atoms with Crippen molar-refractivity contribution in [1.29, 1.82) is 0 Å². The number of nitrogens with one attached hydrogen (secondary N) is 2. The minimum atomic E-state index is -0.874. The lowest BCUT2D eigenvalue weighted by molar-refractivity contribution is -0.142. The smallest absolute Gasteiger partial charge is 0.318 e. The second-order valence-electron chi connectivity index (χ2n) is 5.84. The van der Waals surface area contributed by atoms with Gasteiger partial charge in [-0.05, 0) is 25.7 Å². The minimum absolute atomic E-state index is 0.0654. The summed E-state index contributed by atoms with van der Waals surface area (Å²) in [5.74, 6) is -2.23. The summed E-state index contributed by atoms with van der Waals surface area (Å²) in [4.78, 5) is 47.8. The number of fused-ring (bicyclic) bond motifs is 2. The molecule has 0 aromatic heterocycles. The molecule has 8 nitrogen and oxygen atoms in total. The molecule has 3 saturated heterocycles. The minimum Gasteiger partial charge on any atom is -0.481 e. The van der Waals surface area contributed by atoms with Crippen LogP contribution in [0.2, 0.25) is 0 Å². The Morgan fingerprint density at radius 2 is 2.00 bits per heavy atom. The van der Waals surface area contributed by atoms with Crippen LogP contribution in [-0.4, -0.2) is 51.9 Å². The predicted molar refractivity (Wildman–Crippen MR) is 69.1 cm³/mol. The Morgan fingerprint density at radius 1 is 1.24 bits per heavy atom. The SMILES string of the molecule is O=C1CCC(NC(=O)N2C3CCC2C(C(=O)O)C3)C(=O)N1. The molecule has 0 aromatic carbocycles. The van der Waals surface area contributed by atoms with Gasteiger partial charge in [0.25, 0.3) is 0 Å². The molecule has 4 atom stereocenters. The van der Waals surface area contributed by atoms with Gasteiger partial charge in [-0.25, -0.2) is 4.79 Å². The Hall–Kier alpha value is -2.12. The number of imide groups is 1. The van der Waals surface area contributed by atoms with Gasteiger partial charge in [-0.15, -0.1) is 0 Å². The average Bonchev–Trinajstić information content (AvgIpc) is 2.99. The van der Waals surface area contributed by atoms with E-state index in [1.54, 1.807) is 4.90 Å². The zero-order valence-electron chi connectivity index (χ0n) is 11.4. The molecule has 3 aliphatic rings. The van der Waals surface area contributed by atoms with Gasteiger partial charge in [-0.2, -0.15) is 0 Å². The van der Waals surface area contributed by atoms with Gasteiger partial charge >= 0.3 is 12.0 Å². The van der Waals surface area contributed by atoms with E-state index in [9.17, 15) is 19.2 Å². The first-order valence-electron chi connectivity index (χ1n) is 7.12. The normalized spacial score (nSPS) is 34.8. The Labute approximate surface area is 120 Å². The number of piperidine rings is 1. The highest BCUT2D eigenvalue weighted by Crippen LogP contribution is 2.41. The molecule has 0 saturated carbocycles. The van der Waals surface area contributed by atoms with E-state index >= 15 is 0 Å². The van der Waals surface area contributed by atoms with Crippen molar-refractivity contribution >= 4 is 23.8 Å². The number of hydrogen-bond acceptors (Lipinski definition) is 4. The number of nitrogens with zero attached hydrogens (tertiary/aromatic N) is 1. The van der Waals surface area contributed by atoms with E-state index in [2.05, 4.69) is 10.6 Å². The molecule has 0 spiro atoms. The van der Waals surface area contributed by atoms with Crippen molar-refractivity contribution in [3.63, 3.8) is 0 Å². The topological polar surface area (TPSA) is 116 Å². The number of carbonyl (C=O) groups excluding carboxylic acids is 3. The number of rotatable bonds is 2. The molecule has 8 heteroatoms. The van der Waals surface area contributed by atoms with Gasteiger partial charge in [0, 0.05) is 18.5 Å². The number of carboxylic acid groups (broad SMARTS) is 1. The summed E-state index contributed by atoms with van der Waals surface area (Å²) in [6.07, 6.45) is 2.44. The van der Waals surface area contributed by atoms with Crippen LogP contribution in [0.3, 0.4) is 0 Å². The Kier molecular flexibility index (Phi) is 3.30. The predicted octanol–water partition coefficient (Wildman–Crippen LogP) is -0.561. The molecular weight excluding hydrogens is 278 g/mol. The molecule has 3 N–H and O–H groups in total. The molecule has 3 heterocycles. The number of urea groups is 1. The summed E-state index contributed by atoms with van der Waals surface area (Å²) in [6, 6.07) is -1.48. The Bertz CT molecular complexity index is 520. The molecule has 3 rings (SSSR count).